The van der Waals surface area contributed by atoms with Crippen LogP contribution in [-0.4, -0.2) is 10.2 Å². The summed E-state index contributed by atoms with van der Waals surface area (Å²) < 4.78 is 24.5. The predicted molar refractivity (Wildman–Crippen MR) is 52.1 cm³/mol. The molecular formula is C7H2BrCl2F2NO. The van der Waals surface area contributed by atoms with E-state index in [1.165, 1.54) is 0 Å². The van der Waals surface area contributed by atoms with Gasteiger partial charge in [-0.3, -0.25) is 9.78 Å². The maximum atomic E-state index is 12.3. The van der Waals surface area contributed by atoms with Gasteiger partial charge in [-0.05, 0) is 27.5 Å². The summed E-state index contributed by atoms with van der Waals surface area (Å²) >= 11 is 13.5. The van der Waals surface area contributed by atoms with E-state index in [0.29, 0.717) is 0 Å². The Morgan fingerprint density at radius 1 is 1.57 bits per heavy atom. The van der Waals surface area contributed by atoms with Crippen LogP contribution in [0, 0.1) is 0 Å². The second-order valence-corrected chi connectivity index (χ2v) is 3.80. The highest BCUT2D eigenvalue weighted by atomic mass is 79.9. The summed E-state index contributed by atoms with van der Waals surface area (Å²) in [5.74, 6) is 0. The van der Waals surface area contributed by atoms with E-state index in [0.717, 1.165) is 6.20 Å². The van der Waals surface area contributed by atoms with Gasteiger partial charge >= 0.3 is 0 Å². The third-order valence-electron chi connectivity index (χ3n) is 1.40. The molecule has 0 amide bonds. The fourth-order valence-corrected chi connectivity index (χ4v) is 2.18. The van der Waals surface area contributed by atoms with E-state index >= 15 is 0 Å². The molecule has 0 bridgehead atoms. The number of carbonyl (C=O) groups is 1. The fourth-order valence-electron chi connectivity index (χ4n) is 0.813. The highest BCUT2D eigenvalue weighted by Gasteiger charge is 2.21. The van der Waals surface area contributed by atoms with Crippen LogP contribution in [0.5, 0.6) is 0 Å². The minimum absolute atomic E-state index is 0.0683. The Morgan fingerprint density at radius 2 is 2.14 bits per heavy atom. The Bertz CT molecular complexity index is 386. The molecule has 1 rings (SSSR count). The molecule has 0 spiro atoms. The van der Waals surface area contributed by atoms with Gasteiger partial charge in [0.25, 0.3) is 11.7 Å². The van der Waals surface area contributed by atoms with Crippen LogP contribution in [0.4, 0.5) is 8.78 Å². The highest BCUT2D eigenvalue weighted by molar-refractivity contribution is 9.10. The van der Waals surface area contributed by atoms with Crippen LogP contribution in [0.15, 0.2) is 10.7 Å². The van der Waals surface area contributed by atoms with Gasteiger partial charge in [-0.25, -0.2) is 8.78 Å². The number of pyridine rings is 1. The van der Waals surface area contributed by atoms with E-state index in [1.54, 1.807) is 0 Å². The molecule has 14 heavy (non-hydrogen) atoms. The zero-order valence-electron chi connectivity index (χ0n) is 6.40. The fraction of sp³-hybridized carbons (Fsp3) is 0.143. The standard InChI is InChI=1S/C7H2BrCl2F2NO/c8-4-3(6(10)14)2(9)1-13-5(4)7(11)12/h1,7H. The van der Waals surface area contributed by atoms with Gasteiger partial charge in [0.2, 0.25) is 0 Å². The summed E-state index contributed by atoms with van der Waals surface area (Å²) in [6.45, 7) is 0. The minimum Gasteiger partial charge on any atom is -0.276 e. The summed E-state index contributed by atoms with van der Waals surface area (Å²) in [6, 6.07) is 0. The first-order chi connectivity index (χ1) is 6.45. The van der Waals surface area contributed by atoms with Crippen LogP contribution >= 0.6 is 39.1 Å². The molecule has 0 aliphatic heterocycles. The van der Waals surface area contributed by atoms with Crippen molar-refractivity contribution in [2.24, 2.45) is 0 Å². The van der Waals surface area contributed by atoms with Crippen molar-refractivity contribution in [2.45, 2.75) is 6.43 Å². The molecule has 0 saturated carbocycles. The number of hydrogen-bond acceptors (Lipinski definition) is 2. The molecule has 0 fully saturated rings. The monoisotopic (exact) mass is 303 g/mol. The first-order valence-corrected chi connectivity index (χ1v) is 4.82. The SMILES string of the molecule is O=C(Cl)c1c(Cl)cnc(C(F)F)c1Br. The van der Waals surface area contributed by atoms with Crippen molar-refractivity contribution < 1.29 is 13.6 Å². The quantitative estimate of drug-likeness (QED) is 0.778. The minimum atomic E-state index is -2.79. The van der Waals surface area contributed by atoms with Crippen molar-refractivity contribution in [1.29, 1.82) is 0 Å². The largest absolute Gasteiger partial charge is 0.281 e. The van der Waals surface area contributed by atoms with Crippen LogP contribution in [0.3, 0.4) is 0 Å². The molecule has 0 saturated heterocycles. The number of aromatic nitrogens is 1. The third-order valence-corrected chi connectivity index (χ3v) is 2.68. The van der Waals surface area contributed by atoms with E-state index in [-0.39, 0.29) is 15.1 Å². The topological polar surface area (TPSA) is 30.0 Å². The summed E-state index contributed by atoms with van der Waals surface area (Å²) in [5.41, 5.74) is -0.753. The summed E-state index contributed by atoms with van der Waals surface area (Å²) in [7, 11) is 0. The highest BCUT2D eigenvalue weighted by Crippen LogP contribution is 2.32. The number of alkyl halides is 2. The van der Waals surface area contributed by atoms with Gasteiger partial charge in [0.15, 0.2) is 0 Å². The lowest BCUT2D eigenvalue weighted by Gasteiger charge is -2.06. The van der Waals surface area contributed by atoms with Crippen LogP contribution in [0.25, 0.3) is 0 Å². The molecule has 0 radical (unpaired) electrons. The maximum Gasteiger partial charge on any atom is 0.281 e. The molecule has 0 aromatic carbocycles. The zero-order chi connectivity index (χ0) is 10.9. The van der Waals surface area contributed by atoms with Crippen molar-refractivity contribution in [2.75, 3.05) is 0 Å². The van der Waals surface area contributed by atoms with Crippen LogP contribution < -0.4 is 0 Å². The maximum absolute atomic E-state index is 12.3. The summed E-state index contributed by atoms with van der Waals surface area (Å²) in [5, 5.41) is -0.979. The molecule has 0 N–H and O–H groups in total. The lowest BCUT2D eigenvalue weighted by molar-refractivity contribution is 0.107. The smallest absolute Gasteiger partial charge is 0.276 e. The average molecular weight is 305 g/mol. The number of hydrogen-bond donors (Lipinski definition) is 0. The van der Waals surface area contributed by atoms with E-state index in [1.807, 2.05) is 0 Å². The van der Waals surface area contributed by atoms with Gasteiger partial charge in [-0.1, -0.05) is 11.6 Å². The zero-order valence-corrected chi connectivity index (χ0v) is 9.50. The van der Waals surface area contributed by atoms with E-state index < -0.39 is 17.4 Å². The Kier molecular flexibility index (Phi) is 3.80. The van der Waals surface area contributed by atoms with E-state index in [4.69, 9.17) is 23.2 Å². The van der Waals surface area contributed by atoms with Gasteiger partial charge in [0.05, 0.1) is 15.1 Å². The number of rotatable bonds is 2. The number of halogens is 5. The second-order valence-electron chi connectivity index (χ2n) is 2.25. The van der Waals surface area contributed by atoms with Crippen LogP contribution in [0.2, 0.25) is 5.02 Å². The summed E-state index contributed by atoms with van der Waals surface area (Å²) in [4.78, 5) is 14.2. The molecule has 1 aromatic heterocycles. The van der Waals surface area contributed by atoms with Crippen molar-refractivity contribution in [3.63, 3.8) is 0 Å². The van der Waals surface area contributed by atoms with Gasteiger partial charge in [0.1, 0.15) is 5.69 Å². The van der Waals surface area contributed by atoms with Crippen molar-refractivity contribution in [1.82, 2.24) is 4.98 Å². The van der Waals surface area contributed by atoms with E-state index in [2.05, 4.69) is 20.9 Å². The molecular weight excluding hydrogens is 303 g/mol. The molecule has 7 heteroatoms. The molecule has 1 aromatic rings. The molecule has 0 unspecified atom stereocenters. The van der Waals surface area contributed by atoms with Crippen molar-refractivity contribution in [3.8, 4) is 0 Å². The number of carbonyl (C=O) groups excluding carboxylic acids is 1. The first-order valence-electron chi connectivity index (χ1n) is 3.27. The third kappa shape index (κ3) is 2.21. The predicted octanol–water partition coefficient (Wildman–Crippen LogP) is 3.81. The van der Waals surface area contributed by atoms with Crippen LogP contribution in [-0.2, 0) is 0 Å². The molecule has 2 nitrogen and oxygen atoms in total. The molecule has 0 aliphatic carbocycles. The Labute approximate surface area is 96.3 Å². The van der Waals surface area contributed by atoms with Crippen LogP contribution in [0.1, 0.15) is 22.5 Å². The Hall–Kier alpha value is -0.260. The van der Waals surface area contributed by atoms with Gasteiger partial charge in [-0.15, -0.1) is 0 Å². The van der Waals surface area contributed by atoms with Crippen molar-refractivity contribution in [3.05, 3.63) is 26.9 Å². The first kappa shape index (κ1) is 11.8. The molecule has 76 valence electrons. The van der Waals surface area contributed by atoms with Gasteiger partial charge in [0, 0.05) is 6.20 Å². The second kappa shape index (κ2) is 4.51. The Balaban J connectivity index is 3.41. The normalized spacial score (nSPS) is 10.7. The molecule has 1 heterocycles. The van der Waals surface area contributed by atoms with Gasteiger partial charge < -0.3 is 0 Å². The molecule has 0 aliphatic rings. The number of nitrogens with zero attached hydrogens (tertiary/aromatic N) is 1. The molecule has 0 atom stereocenters. The average Bonchev–Trinajstić information content (AvgIpc) is 2.02. The van der Waals surface area contributed by atoms with E-state index in [9.17, 15) is 13.6 Å². The summed E-state index contributed by atoms with van der Waals surface area (Å²) in [6.07, 6.45) is -1.83. The lowest BCUT2D eigenvalue weighted by Crippen LogP contribution is -2.00. The van der Waals surface area contributed by atoms with Crippen molar-refractivity contribution >= 4 is 44.4 Å². The lowest BCUT2D eigenvalue weighted by atomic mass is 10.2. The van der Waals surface area contributed by atoms with Gasteiger partial charge in [-0.2, -0.15) is 0 Å². The Morgan fingerprint density at radius 3 is 2.57 bits per heavy atom.